The van der Waals surface area contributed by atoms with E-state index in [-0.39, 0.29) is 41.2 Å². The van der Waals surface area contributed by atoms with E-state index in [1.807, 2.05) is 12.1 Å². The van der Waals surface area contributed by atoms with Crippen molar-refractivity contribution in [1.82, 2.24) is 14.5 Å². The molecule has 1 unspecified atom stereocenters. The molecule has 35 heavy (non-hydrogen) atoms. The standard InChI is InChI=1S/C23H15ClN6O4S/c24-10-19(31)29-16-8-4-2-6-14(16)27-17(29)9-18-28-23-21(35-18)20(13(11-25)22(26)34-23)12-5-1-3-7-15(12)30(32)33/h1-8,20H,9-10,26H2. The summed E-state index contributed by atoms with van der Waals surface area (Å²) in [7, 11) is 0. The van der Waals surface area contributed by atoms with Crippen molar-refractivity contribution >= 4 is 45.6 Å². The SMILES string of the molecule is N#CC1=C(N)Oc2nc(Cc3nc4ccccc4n3C(=O)CCl)sc2C1c1ccccc1[N+](=O)[O-]. The summed E-state index contributed by atoms with van der Waals surface area (Å²) in [4.78, 5) is 33.4. The van der Waals surface area contributed by atoms with Crippen LogP contribution in [0.3, 0.4) is 0 Å². The monoisotopic (exact) mass is 506 g/mol. The van der Waals surface area contributed by atoms with Gasteiger partial charge in [0.2, 0.25) is 17.7 Å². The van der Waals surface area contributed by atoms with Crippen molar-refractivity contribution in [2.45, 2.75) is 12.3 Å². The zero-order valence-corrected chi connectivity index (χ0v) is 19.4. The molecular formula is C23H15ClN6O4S. The number of nitrogens with zero attached hydrogens (tertiary/aromatic N) is 5. The number of fused-ring (bicyclic) bond motifs is 2. The minimum Gasteiger partial charge on any atom is -0.421 e. The van der Waals surface area contributed by atoms with E-state index in [9.17, 15) is 20.2 Å². The Morgan fingerprint density at radius 2 is 2.00 bits per heavy atom. The van der Waals surface area contributed by atoms with Gasteiger partial charge in [-0.2, -0.15) is 5.26 Å². The molecule has 5 rings (SSSR count). The van der Waals surface area contributed by atoms with Crippen molar-refractivity contribution < 1.29 is 14.5 Å². The maximum absolute atomic E-state index is 12.6. The van der Waals surface area contributed by atoms with Gasteiger partial charge < -0.3 is 10.5 Å². The molecule has 3 heterocycles. The maximum Gasteiger partial charge on any atom is 0.273 e. The normalized spacial score (nSPS) is 14.9. The number of nitro benzene ring substituents is 1. The maximum atomic E-state index is 12.6. The first-order valence-corrected chi connectivity index (χ1v) is 11.6. The number of nitro groups is 1. The van der Waals surface area contributed by atoms with E-state index < -0.39 is 10.8 Å². The number of hydrogen-bond acceptors (Lipinski definition) is 9. The molecule has 174 valence electrons. The number of halogens is 1. The molecule has 0 saturated heterocycles. The van der Waals surface area contributed by atoms with E-state index in [4.69, 9.17) is 22.1 Å². The molecule has 1 aliphatic heterocycles. The molecule has 2 aromatic heterocycles. The van der Waals surface area contributed by atoms with Crippen LogP contribution in [0.1, 0.15) is 32.0 Å². The second kappa shape index (κ2) is 8.83. The highest BCUT2D eigenvalue weighted by Gasteiger charge is 2.37. The van der Waals surface area contributed by atoms with Gasteiger partial charge in [-0.3, -0.25) is 19.5 Å². The number of hydrogen-bond donors (Lipinski definition) is 1. The number of ether oxygens (including phenoxy) is 1. The number of allylic oxidation sites excluding steroid dienone is 1. The second-order valence-corrected chi connectivity index (χ2v) is 8.96. The molecule has 0 spiro atoms. The summed E-state index contributed by atoms with van der Waals surface area (Å²) in [6, 6.07) is 15.4. The zero-order valence-electron chi connectivity index (χ0n) is 17.8. The highest BCUT2D eigenvalue weighted by Crippen LogP contribution is 2.47. The van der Waals surface area contributed by atoms with Gasteiger partial charge in [0.05, 0.1) is 33.2 Å². The lowest BCUT2D eigenvalue weighted by atomic mass is 9.88. The molecule has 0 aliphatic carbocycles. The molecule has 10 nitrogen and oxygen atoms in total. The third kappa shape index (κ3) is 3.78. The minimum absolute atomic E-state index is 0.0616. The van der Waals surface area contributed by atoms with E-state index in [1.54, 1.807) is 36.4 Å². The second-order valence-electron chi connectivity index (χ2n) is 7.57. The van der Waals surface area contributed by atoms with Crippen LogP contribution >= 0.6 is 22.9 Å². The lowest BCUT2D eigenvalue weighted by Gasteiger charge is -2.22. The number of thiazole rings is 1. The van der Waals surface area contributed by atoms with E-state index >= 15 is 0 Å². The molecule has 12 heteroatoms. The average molecular weight is 507 g/mol. The van der Waals surface area contributed by atoms with Crippen molar-refractivity contribution in [2.75, 3.05) is 5.88 Å². The Balaban J connectivity index is 1.62. The Bertz CT molecular complexity index is 1580. The lowest BCUT2D eigenvalue weighted by Crippen LogP contribution is -2.20. The van der Waals surface area contributed by atoms with Crippen LogP contribution in [0.4, 0.5) is 5.69 Å². The topological polar surface area (TPSA) is 150 Å². The Morgan fingerprint density at radius 3 is 2.74 bits per heavy atom. The van der Waals surface area contributed by atoms with Gasteiger partial charge in [-0.25, -0.2) is 9.97 Å². The summed E-state index contributed by atoms with van der Waals surface area (Å²) in [5.41, 5.74) is 7.49. The first kappa shape index (κ1) is 22.5. The number of nitriles is 1. The molecule has 1 atom stereocenters. The number of rotatable bonds is 5. The fraction of sp³-hybridized carbons (Fsp3) is 0.130. The number of nitrogens with two attached hydrogens (primary N) is 1. The smallest absolute Gasteiger partial charge is 0.273 e. The van der Waals surface area contributed by atoms with Crippen molar-refractivity contribution in [3.63, 3.8) is 0 Å². The fourth-order valence-electron chi connectivity index (χ4n) is 4.11. The van der Waals surface area contributed by atoms with Gasteiger partial charge in [0.1, 0.15) is 28.4 Å². The molecule has 0 saturated carbocycles. The first-order chi connectivity index (χ1) is 16.9. The number of aromatic nitrogens is 3. The zero-order chi connectivity index (χ0) is 24.7. The van der Waals surface area contributed by atoms with Crippen LogP contribution in [0, 0.1) is 21.4 Å². The molecule has 0 amide bonds. The lowest BCUT2D eigenvalue weighted by molar-refractivity contribution is -0.385. The van der Waals surface area contributed by atoms with Gasteiger partial charge in [-0.15, -0.1) is 22.9 Å². The summed E-state index contributed by atoms with van der Waals surface area (Å²) >= 11 is 7.06. The first-order valence-electron chi connectivity index (χ1n) is 10.3. The number of para-hydroxylation sites is 3. The Morgan fingerprint density at radius 1 is 1.26 bits per heavy atom. The van der Waals surface area contributed by atoms with Crippen LogP contribution in [-0.2, 0) is 6.42 Å². The number of benzene rings is 2. The van der Waals surface area contributed by atoms with Crippen LogP contribution in [0.5, 0.6) is 5.88 Å². The molecule has 2 N–H and O–H groups in total. The molecule has 4 aromatic rings. The van der Waals surface area contributed by atoms with Crippen LogP contribution < -0.4 is 10.5 Å². The third-order valence-corrected chi connectivity index (χ3v) is 6.89. The summed E-state index contributed by atoms with van der Waals surface area (Å²) in [6.07, 6.45) is 0.170. The van der Waals surface area contributed by atoms with Crippen LogP contribution in [0.15, 0.2) is 60.0 Å². The van der Waals surface area contributed by atoms with Gasteiger partial charge in [0.15, 0.2) is 0 Å². The molecule has 2 aromatic carbocycles. The van der Waals surface area contributed by atoms with E-state index in [0.29, 0.717) is 32.3 Å². The van der Waals surface area contributed by atoms with Crippen molar-refractivity contribution in [2.24, 2.45) is 5.73 Å². The van der Waals surface area contributed by atoms with E-state index in [1.165, 1.54) is 22.0 Å². The average Bonchev–Trinajstić information content (AvgIpc) is 3.42. The highest BCUT2D eigenvalue weighted by molar-refractivity contribution is 7.12. The molecule has 0 fully saturated rings. The van der Waals surface area contributed by atoms with Crippen LogP contribution in [0.2, 0.25) is 0 Å². The van der Waals surface area contributed by atoms with Crippen molar-refractivity contribution in [3.05, 3.63) is 91.4 Å². The summed E-state index contributed by atoms with van der Waals surface area (Å²) in [6.45, 7) is 0. The van der Waals surface area contributed by atoms with Crippen molar-refractivity contribution in [1.29, 1.82) is 5.26 Å². The van der Waals surface area contributed by atoms with Gasteiger partial charge in [0, 0.05) is 11.6 Å². The number of imidazole rings is 1. The Labute approximate surface area is 207 Å². The van der Waals surface area contributed by atoms with Gasteiger partial charge in [-0.05, 0) is 12.1 Å². The quantitative estimate of drug-likeness (QED) is 0.241. The minimum atomic E-state index is -0.820. The van der Waals surface area contributed by atoms with Gasteiger partial charge >= 0.3 is 0 Å². The van der Waals surface area contributed by atoms with Gasteiger partial charge in [-0.1, -0.05) is 30.3 Å². The van der Waals surface area contributed by atoms with Crippen LogP contribution in [0.25, 0.3) is 11.0 Å². The number of alkyl halides is 1. The molecule has 0 bridgehead atoms. The molecule has 0 radical (unpaired) electrons. The van der Waals surface area contributed by atoms with E-state index in [0.717, 1.165) is 0 Å². The summed E-state index contributed by atoms with van der Waals surface area (Å²) in [5.74, 6) is -0.938. The van der Waals surface area contributed by atoms with Gasteiger partial charge in [0.25, 0.3) is 5.69 Å². The van der Waals surface area contributed by atoms with Crippen molar-refractivity contribution in [3.8, 4) is 11.9 Å². The summed E-state index contributed by atoms with van der Waals surface area (Å²) < 4.78 is 7.07. The summed E-state index contributed by atoms with van der Waals surface area (Å²) in [5, 5.41) is 22.0. The predicted molar refractivity (Wildman–Crippen MR) is 128 cm³/mol. The van der Waals surface area contributed by atoms with E-state index in [2.05, 4.69) is 9.97 Å². The number of carbonyl (C=O) groups is 1. The largest absolute Gasteiger partial charge is 0.421 e. The highest BCUT2D eigenvalue weighted by atomic mass is 35.5. The Hall–Kier alpha value is -4.27. The predicted octanol–water partition coefficient (Wildman–Crippen LogP) is 4.09. The van der Waals surface area contributed by atoms with Crippen LogP contribution in [-0.4, -0.2) is 31.2 Å². The molecular weight excluding hydrogens is 492 g/mol. The molecule has 1 aliphatic rings. The number of carbonyl (C=O) groups excluding carboxylic acids is 1. The Kier molecular flexibility index (Phi) is 5.68. The fourth-order valence-corrected chi connectivity index (χ4v) is 5.35. The third-order valence-electron chi connectivity index (χ3n) is 5.56.